The van der Waals surface area contributed by atoms with Crippen LogP contribution >= 0.6 is 23.0 Å². The average molecular weight is 289 g/mol. The van der Waals surface area contributed by atoms with Gasteiger partial charge in [0.15, 0.2) is 10.0 Å². The van der Waals surface area contributed by atoms with E-state index in [-0.39, 0.29) is 4.75 Å². The molecule has 0 heterocycles. The van der Waals surface area contributed by atoms with Gasteiger partial charge in [0.05, 0.1) is 4.75 Å². The molecule has 0 aromatic carbocycles. The largest absolute Gasteiger partial charge is 0.229 e. The summed E-state index contributed by atoms with van der Waals surface area (Å²) in [6.07, 6.45) is 3.63. The number of nitrogens with one attached hydrogen (secondary N) is 1. The number of hydrogen-bond donors (Lipinski definition) is 1. The molecule has 1 N–H and O–H groups in total. The van der Waals surface area contributed by atoms with Crippen LogP contribution in [0.5, 0.6) is 0 Å². The zero-order chi connectivity index (χ0) is 8.54. The molecule has 1 saturated carbocycles. The third-order valence-corrected chi connectivity index (χ3v) is 5.62. The maximum atomic E-state index is 11.5. The van der Waals surface area contributed by atoms with Crippen molar-refractivity contribution in [3.05, 3.63) is 0 Å². The normalized spacial score (nSPS) is 26.0. The van der Waals surface area contributed by atoms with Crippen molar-refractivity contribution in [3.8, 4) is 0 Å². The van der Waals surface area contributed by atoms with Gasteiger partial charge in [-0.25, -0.2) is 11.5 Å². The molecule has 0 radical (unpaired) electrons. The Morgan fingerprint density at radius 1 is 1.73 bits per heavy atom. The van der Waals surface area contributed by atoms with Gasteiger partial charge in [-0.3, -0.25) is 0 Å². The Labute approximate surface area is 81.8 Å². The zero-order valence-corrected chi connectivity index (χ0v) is 9.41. The molecule has 1 atom stereocenters. The Bertz CT molecular complexity index is 233. The summed E-state index contributed by atoms with van der Waals surface area (Å²) < 4.78 is 23.3. The van der Waals surface area contributed by atoms with Crippen molar-refractivity contribution in [3.63, 3.8) is 0 Å². The minimum Gasteiger partial charge on any atom is -0.229 e. The summed E-state index contributed by atoms with van der Waals surface area (Å²) in [4.78, 5) is 0. The summed E-state index contributed by atoms with van der Waals surface area (Å²) in [5.74, 6) is 0. The van der Waals surface area contributed by atoms with Gasteiger partial charge in [0.1, 0.15) is 23.0 Å². The molecule has 0 aliphatic heterocycles. The van der Waals surface area contributed by atoms with Gasteiger partial charge in [-0.1, -0.05) is 13.3 Å². The highest BCUT2D eigenvalue weighted by atomic mass is 127. The van der Waals surface area contributed by atoms with Crippen LogP contribution < -0.4 is 0 Å². The third kappa shape index (κ3) is 1.70. The van der Waals surface area contributed by atoms with E-state index >= 15 is 0 Å². The van der Waals surface area contributed by atoms with Crippen molar-refractivity contribution in [2.45, 2.75) is 37.4 Å². The van der Waals surface area contributed by atoms with Gasteiger partial charge in [0, 0.05) is 0 Å². The van der Waals surface area contributed by atoms with Gasteiger partial charge in [-0.05, 0) is 19.3 Å². The predicted molar refractivity (Wildman–Crippen MR) is 52.8 cm³/mol. The van der Waals surface area contributed by atoms with Crippen molar-refractivity contribution >= 4 is 33.0 Å². The summed E-state index contributed by atoms with van der Waals surface area (Å²) in [7, 11) is -2.76. The molecule has 1 rings (SSSR count). The first-order valence-corrected chi connectivity index (χ1v) is 6.03. The van der Waals surface area contributed by atoms with Crippen molar-refractivity contribution in [1.29, 1.82) is 4.78 Å². The van der Waals surface area contributed by atoms with Gasteiger partial charge < -0.3 is 0 Å². The van der Waals surface area contributed by atoms with E-state index in [0.717, 1.165) is 25.7 Å². The fraction of sp³-hybridized carbons (Fsp3) is 1.00. The highest BCUT2D eigenvalue weighted by molar-refractivity contribution is 14.1. The van der Waals surface area contributed by atoms with Gasteiger partial charge >= 0.3 is 0 Å². The second-order valence-corrected chi connectivity index (χ2v) is 6.08. The Morgan fingerprint density at radius 3 is 2.55 bits per heavy atom. The highest BCUT2D eigenvalue weighted by Gasteiger charge is 2.51. The summed E-state index contributed by atoms with van der Waals surface area (Å²) in [5.41, 5.74) is 0. The summed E-state index contributed by atoms with van der Waals surface area (Å²) in [6.45, 7) is 2.04. The second kappa shape index (κ2) is 3.18. The van der Waals surface area contributed by atoms with Gasteiger partial charge in [-0.2, -0.15) is 0 Å². The highest BCUT2D eigenvalue weighted by Crippen LogP contribution is 2.48. The molecule has 66 valence electrons. The molecular formula is C6H12INO2S. The van der Waals surface area contributed by atoms with E-state index in [2.05, 4.69) is 2.51 Å². The fourth-order valence-electron chi connectivity index (χ4n) is 1.31. The minimum atomic E-state index is -2.76. The van der Waals surface area contributed by atoms with Crippen LogP contribution in [-0.2, 0) is 12.5 Å². The van der Waals surface area contributed by atoms with E-state index in [4.69, 9.17) is 4.78 Å². The molecule has 5 heteroatoms. The number of hydrogen-bond acceptors (Lipinski definition) is 3. The van der Waals surface area contributed by atoms with Crippen LogP contribution in [0.4, 0.5) is 0 Å². The smallest absolute Gasteiger partial charge is 0.175 e. The SMILES string of the molecule is CCCC1(S(=N)(=O)OI)CC1. The molecule has 1 unspecified atom stereocenters. The number of halogens is 1. The number of rotatable bonds is 4. The van der Waals surface area contributed by atoms with Crippen LogP contribution in [0, 0.1) is 4.78 Å². The van der Waals surface area contributed by atoms with Crippen molar-refractivity contribution < 1.29 is 6.72 Å². The summed E-state index contributed by atoms with van der Waals surface area (Å²) in [6, 6.07) is 0. The first-order valence-electron chi connectivity index (χ1n) is 3.66. The Balaban J connectivity index is 2.73. The molecule has 1 fully saturated rings. The molecule has 0 aromatic rings. The van der Waals surface area contributed by atoms with Gasteiger partial charge in [0.25, 0.3) is 0 Å². The van der Waals surface area contributed by atoms with Gasteiger partial charge in [-0.15, -0.1) is 0 Å². The first-order chi connectivity index (χ1) is 5.08. The standard InChI is InChI=1S/C6H12INO2S/c1-2-3-6(4-5-6)11(8,9)10-7/h8H,2-5H2,1H3. The lowest BCUT2D eigenvalue weighted by Gasteiger charge is -2.14. The van der Waals surface area contributed by atoms with E-state index in [9.17, 15) is 4.21 Å². The van der Waals surface area contributed by atoms with E-state index in [0.29, 0.717) is 0 Å². The molecule has 0 aromatic heterocycles. The van der Waals surface area contributed by atoms with Crippen molar-refractivity contribution in [1.82, 2.24) is 0 Å². The molecule has 0 bridgehead atoms. The lowest BCUT2D eigenvalue weighted by atomic mass is 10.2. The van der Waals surface area contributed by atoms with Crippen LogP contribution in [0.25, 0.3) is 0 Å². The Morgan fingerprint density at radius 2 is 2.27 bits per heavy atom. The van der Waals surface area contributed by atoms with E-state index < -0.39 is 10.0 Å². The molecule has 0 amide bonds. The Kier molecular flexibility index (Phi) is 2.81. The predicted octanol–water partition coefficient (Wildman–Crippen LogP) is 2.65. The van der Waals surface area contributed by atoms with E-state index in [1.165, 1.54) is 0 Å². The third-order valence-electron chi connectivity index (χ3n) is 2.17. The topological polar surface area (TPSA) is 50.2 Å². The Hall–Kier alpha value is 0.640. The molecule has 1 aliphatic carbocycles. The van der Waals surface area contributed by atoms with Gasteiger partial charge in [0.2, 0.25) is 0 Å². The van der Waals surface area contributed by atoms with Crippen LogP contribution in [-0.4, -0.2) is 8.96 Å². The van der Waals surface area contributed by atoms with Crippen LogP contribution in [0.2, 0.25) is 0 Å². The lowest BCUT2D eigenvalue weighted by Crippen LogP contribution is -2.20. The molecule has 0 saturated heterocycles. The van der Waals surface area contributed by atoms with E-state index in [1.807, 2.05) is 6.92 Å². The monoisotopic (exact) mass is 289 g/mol. The zero-order valence-electron chi connectivity index (χ0n) is 6.43. The molecule has 1 aliphatic rings. The van der Waals surface area contributed by atoms with Crippen LogP contribution in [0.3, 0.4) is 0 Å². The van der Waals surface area contributed by atoms with Crippen LogP contribution in [0.1, 0.15) is 32.6 Å². The quantitative estimate of drug-likeness (QED) is 0.809. The maximum Gasteiger partial charge on any atom is 0.175 e. The first kappa shape index (κ1) is 9.73. The summed E-state index contributed by atoms with van der Waals surface area (Å²) in [5, 5.41) is 0. The average Bonchev–Trinajstić information content (AvgIpc) is 2.70. The van der Waals surface area contributed by atoms with Crippen molar-refractivity contribution in [2.24, 2.45) is 0 Å². The van der Waals surface area contributed by atoms with Crippen LogP contribution in [0.15, 0.2) is 0 Å². The second-order valence-electron chi connectivity index (χ2n) is 3.00. The molecule has 0 spiro atoms. The fourth-order valence-corrected chi connectivity index (χ4v) is 3.71. The summed E-state index contributed by atoms with van der Waals surface area (Å²) >= 11 is 1.57. The molecular weight excluding hydrogens is 277 g/mol. The molecule has 11 heavy (non-hydrogen) atoms. The van der Waals surface area contributed by atoms with Crippen molar-refractivity contribution in [2.75, 3.05) is 0 Å². The minimum absolute atomic E-state index is 0.289. The maximum absolute atomic E-state index is 11.5. The molecule has 3 nitrogen and oxygen atoms in total. The lowest BCUT2D eigenvalue weighted by molar-refractivity contribution is 0.579. The van der Waals surface area contributed by atoms with E-state index in [1.54, 1.807) is 23.0 Å².